The van der Waals surface area contributed by atoms with E-state index in [1.165, 1.54) is 6.07 Å². The first kappa shape index (κ1) is 14.8. The summed E-state index contributed by atoms with van der Waals surface area (Å²) in [4.78, 5) is 0. The van der Waals surface area contributed by atoms with Gasteiger partial charge in [-0.3, -0.25) is 0 Å². The molecule has 0 aliphatic heterocycles. The highest BCUT2D eigenvalue weighted by atomic mass is 35.5. The molecular formula is C16H17ClFNO. The van der Waals surface area contributed by atoms with Gasteiger partial charge >= 0.3 is 0 Å². The first-order valence-corrected chi connectivity index (χ1v) is 6.78. The summed E-state index contributed by atoms with van der Waals surface area (Å²) in [5.41, 5.74) is 8.75. The number of hydrogen-bond acceptors (Lipinski definition) is 2. The summed E-state index contributed by atoms with van der Waals surface area (Å²) in [5.74, 6) is 0.364. The van der Waals surface area contributed by atoms with Crippen LogP contribution in [0.4, 0.5) is 4.39 Å². The number of hydrogen-bond donors (Lipinski definition) is 1. The predicted octanol–water partition coefficient (Wildman–Crippen LogP) is 4.39. The van der Waals surface area contributed by atoms with Crippen LogP contribution in [0.1, 0.15) is 29.7 Å². The fourth-order valence-corrected chi connectivity index (χ4v) is 2.11. The monoisotopic (exact) mass is 293 g/mol. The third kappa shape index (κ3) is 3.50. The molecule has 0 saturated carbocycles. The van der Waals surface area contributed by atoms with Crippen LogP contribution in [0, 0.1) is 12.7 Å². The van der Waals surface area contributed by atoms with Crippen LogP contribution in [-0.4, -0.2) is 0 Å². The molecule has 0 bridgehead atoms. The normalized spacial score (nSPS) is 12.2. The van der Waals surface area contributed by atoms with Crippen LogP contribution in [0.5, 0.6) is 5.75 Å². The highest BCUT2D eigenvalue weighted by Crippen LogP contribution is 2.23. The van der Waals surface area contributed by atoms with Crippen LogP contribution >= 0.6 is 11.6 Å². The highest BCUT2D eigenvalue weighted by molar-refractivity contribution is 6.30. The van der Waals surface area contributed by atoms with Gasteiger partial charge < -0.3 is 10.5 Å². The van der Waals surface area contributed by atoms with Crippen molar-refractivity contribution in [2.24, 2.45) is 5.73 Å². The van der Waals surface area contributed by atoms with Gasteiger partial charge in [-0.2, -0.15) is 0 Å². The zero-order valence-corrected chi connectivity index (χ0v) is 12.2. The second-order valence-corrected chi connectivity index (χ2v) is 5.26. The molecule has 0 amide bonds. The lowest BCUT2D eigenvalue weighted by atomic mass is 10.1. The van der Waals surface area contributed by atoms with E-state index < -0.39 is 5.82 Å². The quantitative estimate of drug-likeness (QED) is 0.907. The molecule has 0 spiro atoms. The molecule has 2 aromatic rings. The van der Waals surface area contributed by atoms with Crippen molar-refractivity contribution in [2.75, 3.05) is 0 Å². The third-order valence-corrected chi connectivity index (χ3v) is 3.39. The molecule has 0 fully saturated rings. The van der Waals surface area contributed by atoms with E-state index in [0.29, 0.717) is 6.61 Å². The molecule has 0 aromatic heterocycles. The van der Waals surface area contributed by atoms with Crippen LogP contribution in [0.3, 0.4) is 0 Å². The van der Waals surface area contributed by atoms with Gasteiger partial charge in [0.05, 0.1) is 5.02 Å². The van der Waals surface area contributed by atoms with Gasteiger partial charge in [-0.15, -0.1) is 0 Å². The Morgan fingerprint density at radius 1 is 1.25 bits per heavy atom. The molecule has 1 atom stereocenters. The summed E-state index contributed by atoms with van der Waals surface area (Å²) in [6.07, 6.45) is 0. The summed E-state index contributed by atoms with van der Waals surface area (Å²) in [7, 11) is 0. The molecule has 0 saturated heterocycles. The van der Waals surface area contributed by atoms with E-state index in [-0.39, 0.29) is 11.1 Å². The molecule has 0 radical (unpaired) electrons. The lowest BCUT2D eigenvalue weighted by Crippen LogP contribution is -2.05. The Morgan fingerprint density at radius 2 is 2.00 bits per heavy atom. The second kappa shape index (κ2) is 6.25. The first-order valence-electron chi connectivity index (χ1n) is 6.40. The minimum absolute atomic E-state index is 0.00125. The van der Waals surface area contributed by atoms with E-state index in [0.717, 1.165) is 22.4 Å². The van der Waals surface area contributed by atoms with Crippen molar-refractivity contribution in [3.05, 3.63) is 63.9 Å². The lowest BCUT2D eigenvalue weighted by molar-refractivity contribution is 0.304. The summed E-state index contributed by atoms with van der Waals surface area (Å²) >= 11 is 5.74. The molecular weight excluding hydrogens is 277 g/mol. The standard InChI is InChI=1S/C16H17ClFNO/c1-10-7-13(11(2)19)4-6-16(10)20-9-12-3-5-15(18)14(17)8-12/h3-8,11H,9,19H2,1-2H3/t11-/m1/s1. The largest absolute Gasteiger partial charge is 0.489 e. The topological polar surface area (TPSA) is 35.2 Å². The number of benzene rings is 2. The Kier molecular flexibility index (Phi) is 4.63. The van der Waals surface area contributed by atoms with E-state index in [4.69, 9.17) is 22.1 Å². The molecule has 4 heteroatoms. The number of nitrogens with two attached hydrogens (primary N) is 1. The molecule has 2 N–H and O–H groups in total. The van der Waals surface area contributed by atoms with Gasteiger partial charge in [-0.25, -0.2) is 4.39 Å². The van der Waals surface area contributed by atoms with Crippen molar-refractivity contribution in [1.82, 2.24) is 0 Å². The average Bonchev–Trinajstić information content (AvgIpc) is 2.41. The SMILES string of the molecule is Cc1cc([C@@H](C)N)ccc1OCc1ccc(F)c(Cl)c1. The van der Waals surface area contributed by atoms with Crippen molar-refractivity contribution in [2.45, 2.75) is 26.5 Å². The fraction of sp³-hybridized carbons (Fsp3) is 0.250. The predicted molar refractivity (Wildman–Crippen MR) is 79.5 cm³/mol. The van der Waals surface area contributed by atoms with Crippen molar-refractivity contribution < 1.29 is 9.13 Å². The van der Waals surface area contributed by atoms with Gasteiger partial charge in [0.2, 0.25) is 0 Å². The first-order chi connectivity index (χ1) is 9.47. The van der Waals surface area contributed by atoms with E-state index in [1.807, 2.05) is 32.0 Å². The van der Waals surface area contributed by atoms with Crippen LogP contribution < -0.4 is 10.5 Å². The maximum absolute atomic E-state index is 13.1. The lowest BCUT2D eigenvalue weighted by Gasteiger charge is -2.12. The maximum Gasteiger partial charge on any atom is 0.141 e. The molecule has 0 aliphatic rings. The number of ether oxygens (including phenoxy) is 1. The van der Waals surface area contributed by atoms with Crippen molar-refractivity contribution in [1.29, 1.82) is 0 Å². The summed E-state index contributed by atoms with van der Waals surface area (Å²) in [6, 6.07) is 10.4. The van der Waals surface area contributed by atoms with Gasteiger partial charge in [0.1, 0.15) is 18.2 Å². The molecule has 2 rings (SSSR count). The fourth-order valence-electron chi connectivity index (χ4n) is 1.91. The van der Waals surface area contributed by atoms with Crippen LogP contribution in [0.15, 0.2) is 36.4 Å². The number of rotatable bonds is 4. The average molecular weight is 294 g/mol. The Bertz CT molecular complexity index is 613. The van der Waals surface area contributed by atoms with Crippen molar-refractivity contribution in [3.63, 3.8) is 0 Å². The van der Waals surface area contributed by atoms with Crippen molar-refractivity contribution >= 4 is 11.6 Å². The Balaban J connectivity index is 2.09. The molecule has 0 aliphatic carbocycles. The Hall–Kier alpha value is -1.58. The summed E-state index contributed by atoms with van der Waals surface area (Å²) in [5, 5.41) is 0.107. The van der Waals surface area contributed by atoms with E-state index in [1.54, 1.807) is 12.1 Å². The van der Waals surface area contributed by atoms with E-state index in [9.17, 15) is 4.39 Å². The zero-order valence-electron chi connectivity index (χ0n) is 11.5. The molecule has 2 aromatic carbocycles. The molecule has 20 heavy (non-hydrogen) atoms. The Morgan fingerprint density at radius 3 is 2.60 bits per heavy atom. The van der Waals surface area contributed by atoms with Gasteiger partial charge in [-0.1, -0.05) is 29.8 Å². The molecule has 0 unspecified atom stereocenters. The number of halogens is 2. The molecule has 0 heterocycles. The maximum atomic E-state index is 13.1. The minimum Gasteiger partial charge on any atom is -0.489 e. The summed E-state index contributed by atoms with van der Waals surface area (Å²) in [6.45, 7) is 4.26. The van der Waals surface area contributed by atoms with E-state index >= 15 is 0 Å². The molecule has 106 valence electrons. The van der Waals surface area contributed by atoms with Gasteiger partial charge in [0, 0.05) is 6.04 Å². The Labute approximate surface area is 123 Å². The second-order valence-electron chi connectivity index (χ2n) is 4.85. The highest BCUT2D eigenvalue weighted by Gasteiger charge is 2.06. The summed E-state index contributed by atoms with van der Waals surface area (Å²) < 4.78 is 18.8. The van der Waals surface area contributed by atoms with Gasteiger partial charge in [-0.05, 0) is 48.7 Å². The van der Waals surface area contributed by atoms with Gasteiger partial charge in [0.25, 0.3) is 0 Å². The third-order valence-electron chi connectivity index (χ3n) is 3.10. The van der Waals surface area contributed by atoms with Crippen molar-refractivity contribution in [3.8, 4) is 5.75 Å². The van der Waals surface area contributed by atoms with Crippen LogP contribution in [0.25, 0.3) is 0 Å². The molecule has 2 nitrogen and oxygen atoms in total. The van der Waals surface area contributed by atoms with Crippen LogP contribution in [0.2, 0.25) is 5.02 Å². The van der Waals surface area contributed by atoms with Gasteiger partial charge in [0.15, 0.2) is 0 Å². The smallest absolute Gasteiger partial charge is 0.141 e. The minimum atomic E-state index is -0.423. The van der Waals surface area contributed by atoms with E-state index in [2.05, 4.69) is 0 Å². The number of aryl methyl sites for hydroxylation is 1. The van der Waals surface area contributed by atoms with Crippen LogP contribution in [-0.2, 0) is 6.61 Å². The zero-order chi connectivity index (χ0) is 14.7.